The maximum absolute atomic E-state index is 13.6. The Morgan fingerprint density at radius 2 is 2.03 bits per heavy atom. The minimum absolute atomic E-state index is 0.0457. The van der Waals surface area contributed by atoms with Crippen molar-refractivity contribution in [3.8, 4) is 5.75 Å². The highest BCUT2D eigenvalue weighted by Gasteiger charge is 2.35. The van der Waals surface area contributed by atoms with Gasteiger partial charge in [-0.15, -0.1) is 0 Å². The highest BCUT2D eigenvalue weighted by molar-refractivity contribution is 6.08. The van der Waals surface area contributed by atoms with Gasteiger partial charge in [0.25, 0.3) is 5.91 Å². The highest BCUT2D eigenvalue weighted by Crippen LogP contribution is 2.38. The monoisotopic (exact) mass is 510 g/mol. The summed E-state index contributed by atoms with van der Waals surface area (Å²) in [5.74, 6) is -0.547. The number of carbonyl (C=O) groups is 1. The number of hydrogen-bond acceptors (Lipinski definition) is 6. The summed E-state index contributed by atoms with van der Waals surface area (Å²) in [6, 6.07) is 12.1. The number of anilines is 3. The van der Waals surface area contributed by atoms with Gasteiger partial charge in [0.05, 0.1) is 22.8 Å². The molecule has 0 aliphatic carbocycles. The van der Waals surface area contributed by atoms with Crippen LogP contribution in [-0.2, 0) is 6.18 Å². The minimum Gasteiger partial charge on any atom is -0.491 e. The third-order valence-electron chi connectivity index (χ3n) is 6.40. The number of amides is 1. The first kappa shape index (κ1) is 24.6. The highest BCUT2D eigenvalue weighted by atomic mass is 19.4. The Bertz CT molecular complexity index is 1420. The Labute approximate surface area is 210 Å². The third kappa shape index (κ3) is 5.51. The number of halogens is 3. The predicted octanol–water partition coefficient (Wildman–Crippen LogP) is 5.45. The molecule has 1 amide bonds. The molecule has 37 heavy (non-hydrogen) atoms. The molecule has 8 nitrogen and oxygen atoms in total. The fraction of sp³-hybridized carbons (Fsp3) is 0.269. The lowest BCUT2D eigenvalue weighted by Gasteiger charge is -2.22. The average molecular weight is 511 g/mol. The van der Waals surface area contributed by atoms with Crippen LogP contribution in [-0.4, -0.2) is 52.2 Å². The van der Waals surface area contributed by atoms with Crippen molar-refractivity contribution in [2.45, 2.75) is 25.1 Å². The Morgan fingerprint density at radius 3 is 2.81 bits per heavy atom. The van der Waals surface area contributed by atoms with Crippen molar-refractivity contribution in [3.05, 3.63) is 72.1 Å². The van der Waals surface area contributed by atoms with E-state index in [-0.39, 0.29) is 29.6 Å². The van der Waals surface area contributed by atoms with Crippen LogP contribution in [0.1, 0.15) is 28.8 Å². The van der Waals surface area contributed by atoms with Crippen molar-refractivity contribution in [1.29, 1.82) is 0 Å². The molecule has 0 saturated carbocycles. The summed E-state index contributed by atoms with van der Waals surface area (Å²) >= 11 is 0. The quantitative estimate of drug-likeness (QED) is 0.306. The Balaban J connectivity index is 1.35. The second kappa shape index (κ2) is 10.1. The van der Waals surface area contributed by atoms with E-state index in [9.17, 15) is 18.0 Å². The molecule has 3 N–H and O–H groups in total. The molecule has 0 bridgehead atoms. The molecule has 1 aliphatic heterocycles. The molecule has 1 aliphatic rings. The van der Waals surface area contributed by atoms with Crippen LogP contribution in [0.3, 0.4) is 0 Å². The Morgan fingerprint density at radius 1 is 1.19 bits per heavy atom. The van der Waals surface area contributed by atoms with Crippen molar-refractivity contribution in [1.82, 2.24) is 20.1 Å². The zero-order chi connectivity index (χ0) is 26.0. The molecular weight excluding hydrogens is 485 g/mol. The van der Waals surface area contributed by atoms with Crippen LogP contribution in [0.15, 0.2) is 60.9 Å². The number of alkyl halides is 3. The number of ether oxygens (including phenoxy) is 1. The van der Waals surface area contributed by atoms with E-state index in [1.165, 1.54) is 18.3 Å². The largest absolute Gasteiger partial charge is 0.491 e. The fourth-order valence-electron chi connectivity index (χ4n) is 4.37. The molecule has 5 rings (SSSR count). The number of pyridine rings is 1. The summed E-state index contributed by atoms with van der Waals surface area (Å²) in [5, 5.41) is 13.6. The maximum Gasteiger partial charge on any atom is 0.419 e. The Hall–Kier alpha value is -4.12. The van der Waals surface area contributed by atoms with Gasteiger partial charge in [-0.1, -0.05) is 0 Å². The molecule has 2 aromatic heterocycles. The summed E-state index contributed by atoms with van der Waals surface area (Å²) in [6.45, 7) is 1.02. The number of carbonyl (C=O) groups excluding carboxylic acids is 1. The smallest absolute Gasteiger partial charge is 0.419 e. The summed E-state index contributed by atoms with van der Waals surface area (Å²) in [7, 11) is 1.93. The van der Waals surface area contributed by atoms with Gasteiger partial charge in [-0.3, -0.25) is 9.89 Å². The van der Waals surface area contributed by atoms with E-state index >= 15 is 0 Å². The number of nitrogens with zero attached hydrogens (tertiary/aromatic N) is 3. The number of aromatic amines is 1. The summed E-state index contributed by atoms with van der Waals surface area (Å²) in [4.78, 5) is 19.5. The second-order valence-corrected chi connectivity index (χ2v) is 8.95. The van der Waals surface area contributed by atoms with Crippen molar-refractivity contribution in [2.24, 2.45) is 0 Å². The lowest BCUT2D eigenvalue weighted by molar-refractivity contribution is -0.139. The van der Waals surface area contributed by atoms with Crippen molar-refractivity contribution >= 4 is 34.0 Å². The molecule has 192 valence electrons. The van der Waals surface area contributed by atoms with Crippen LogP contribution in [0, 0.1) is 0 Å². The van der Waals surface area contributed by atoms with Crippen molar-refractivity contribution in [3.63, 3.8) is 0 Å². The number of fused-ring (bicyclic) bond motifs is 1. The van der Waals surface area contributed by atoms with Crippen LogP contribution in [0.2, 0.25) is 0 Å². The number of H-pyrrole nitrogens is 1. The standard InChI is InChI=1S/C26H25F3N6O2/c1-35-11-3-4-19(35)15-37-23-13-18(8-9-21(23)26(27,28)29)33-25(36)20-5-2-10-30-24(20)32-17-7-6-16-14-31-34-22(16)12-17/h2,5-10,12-14,19H,3-4,11,15H2,1H3,(H,30,32)(H,31,34)(H,33,36). The van der Waals surface area contributed by atoms with Gasteiger partial charge >= 0.3 is 6.18 Å². The molecule has 2 aromatic carbocycles. The topological polar surface area (TPSA) is 95.2 Å². The van der Waals surface area contributed by atoms with E-state index in [1.807, 2.05) is 25.2 Å². The van der Waals surface area contributed by atoms with E-state index in [0.29, 0.717) is 11.5 Å². The van der Waals surface area contributed by atoms with Crippen molar-refractivity contribution < 1.29 is 22.7 Å². The molecule has 1 saturated heterocycles. The first-order valence-corrected chi connectivity index (χ1v) is 11.8. The lowest BCUT2D eigenvalue weighted by Crippen LogP contribution is -2.31. The van der Waals surface area contributed by atoms with E-state index in [1.54, 1.807) is 18.3 Å². The van der Waals surface area contributed by atoms with E-state index in [2.05, 4.69) is 30.7 Å². The van der Waals surface area contributed by atoms with Gasteiger partial charge in [0.15, 0.2) is 0 Å². The van der Waals surface area contributed by atoms with Crippen LogP contribution in [0.25, 0.3) is 10.9 Å². The SMILES string of the molecule is CN1CCCC1COc1cc(NC(=O)c2cccnc2Nc2ccc3cn[nH]c3c2)ccc1C(F)(F)F. The predicted molar refractivity (Wildman–Crippen MR) is 134 cm³/mol. The first-order chi connectivity index (χ1) is 17.8. The number of likely N-dealkylation sites (N-methyl/N-ethyl adjacent to an activating group) is 1. The molecule has 0 radical (unpaired) electrons. The van der Waals surface area contributed by atoms with Gasteiger partial charge in [0.1, 0.15) is 18.2 Å². The van der Waals surface area contributed by atoms with Crippen LogP contribution < -0.4 is 15.4 Å². The van der Waals surface area contributed by atoms with Gasteiger partial charge < -0.3 is 20.3 Å². The first-order valence-electron chi connectivity index (χ1n) is 11.8. The normalized spacial score (nSPS) is 16.2. The molecule has 11 heteroatoms. The minimum atomic E-state index is -4.59. The number of likely N-dealkylation sites (tertiary alicyclic amines) is 1. The molecular formula is C26H25F3N6O2. The van der Waals surface area contributed by atoms with Crippen LogP contribution >= 0.6 is 0 Å². The number of aromatic nitrogens is 3. The number of hydrogen-bond donors (Lipinski definition) is 3. The zero-order valence-electron chi connectivity index (χ0n) is 20.0. The third-order valence-corrected chi connectivity index (χ3v) is 6.40. The van der Waals surface area contributed by atoms with Gasteiger partial charge in [-0.25, -0.2) is 4.98 Å². The van der Waals surface area contributed by atoms with Gasteiger partial charge in [0, 0.05) is 35.1 Å². The maximum atomic E-state index is 13.6. The summed E-state index contributed by atoms with van der Waals surface area (Å²) in [5.41, 5.74) is 1.02. The molecule has 4 aromatic rings. The fourth-order valence-corrected chi connectivity index (χ4v) is 4.37. The van der Waals surface area contributed by atoms with E-state index in [4.69, 9.17) is 4.74 Å². The lowest BCUT2D eigenvalue weighted by atomic mass is 10.1. The van der Waals surface area contributed by atoms with E-state index in [0.717, 1.165) is 36.4 Å². The number of rotatable bonds is 7. The van der Waals surface area contributed by atoms with E-state index < -0.39 is 17.6 Å². The zero-order valence-corrected chi connectivity index (χ0v) is 20.0. The Kier molecular flexibility index (Phi) is 6.70. The molecule has 3 heterocycles. The molecule has 0 spiro atoms. The number of nitrogens with one attached hydrogen (secondary N) is 3. The van der Waals surface area contributed by atoms with Gasteiger partial charge in [-0.05, 0) is 68.9 Å². The molecule has 1 fully saturated rings. The van der Waals surface area contributed by atoms with Gasteiger partial charge in [-0.2, -0.15) is 18.3 Å². The molecule has 1 atom stereocenters. The van der Waals surface area contributed by atoms with Crippen LogP contribution in [0.5, 0.6) is 5.75 Å². The summed E-state index contributed by atoms with van der Waals surface area (Å²) < 4.78 is 46.5. The number of benzene rings is 2. The molecule has 1 unspecified atom stereocenters. The van der Waals surface area contributed by atoms with Crippen molar-refractivity contribution in [2.75, 3.05) is 30.8 Å². The van der Waals surface area contributed by atoms with Crippen LogP contribution in [0.4, 0.5) is 30.4 Å². The average Bonchev–Trinajstić information content (AvgIpc) is 3.50. The summed E-state index contributed by atoms with van der Waals surface area (Å²) in [6.07, 6.45) is 0.489. The second-order valence-electron chi connectivity index (χ2n) is 8.95. The van der Waals surface area contributed by atoms with Gasteiger partial charge in [0.2, 0.25) is 0 Å².